The molecule has 0 aliphatic carbocycles. The van der Waals surface area contributed by atoms with Gasteiger partial charge in [0.05, 0.1) is 6.54 Å². The van der Waals surface area contributed by atoms with Crippen LogP contribution in [0.3, 0.4) is 0 Å². The number of carbonyl (C=O) groups is 1. The second-order valence-corrected chi connectivity index (χ2v) is 5.05. The summed E-state index contributed by atoms with van der Waals surface area (Å²) >= 11 is 0. The molecule has 0 saturated carbocycles. The zero-order valence-electron chi connectivity index (χ0n) is 10.6. The highest BCUT2D eigenvalue weighted by molar-refractivity contribution is 5.78. The van der Waals surface area contributed by atoms with Gasteiger partial charge in [-0.3, -0.25) is 4.79 Å². The molecule has 0 spiro atoms. The Morgan fingerprint density at radius 3 is 2.35 bits per heavy atom. The van der Waals surface area contributed by atoms with Crippen molar-refractivity contribution in [3.05, 3.63) is 29.8 Å². The molecule has 0 bridgehead atoms. The lowest BCUT2D eigenvalue weighted by Gasteiger charge is -2.20. The molecule has 0 atom stereocenters. The van der Waals surface area contributed by atoms with Crippen LogP contribution in [0, 0.1) is 0 Å². The Morgan fingerprint density at radius 1 is 1.24 bits per heavy atom. The van der Waals surface area contributed by atoms with Crippen LogP contribution in [0.15, 0.2) is 24.3 Å². The van der Waals surface area contributed by atoms with Crippen LogP contribution in [-0.2, 0) is 11.3 Å². The molecule has 1 aromatic carbocycles. The highest BCUT2D eigenvalue weighted by Crippen LogP contribution is 2.09. The third kappa shape index (κ3) is 5.92. The number of benzene rings is 1. The van der Waals surface area contributed by atoms with Crippen LogP contribution >= 0.6 is 0 Å². The molecule has 0 aliphatic heterocycles. The van der Waals surface area contributed by atoms with Crippen molar-refractivity contribution >= 4 is 5.91 Å². The Bertz CT molecular complexity index is 366. The molecule has 1 aromatic rings. The third-order valence-electron chi connectivity index (χ3n) is 2.21. The van der Waals surface area contributed by atoms with Gasteiger partial charge in [-0.15, -0.1) is 0 Å². The third-order valence-corrected chi connectivity index (χ3v) is 2.21. The summed E-state index contributed by atoms with van der Waals surface area (Å²) in [5.41, 5.74) is 0.905. The van der Waals surface area contributed by atoms with Gasteiger partial charge in [0, 0.05) is 12.1 Å². The Kier molecular flexibility index (Phi) is 4.52. The summed E-state index contributed by atoms with van der Waals surface area (Å²) in [6, 6.07) is 6.78. The van der Waals surface area contributed by atoms with Crippen molar-refractivity contribution in [1.82, 2.24) is 10.6 Å². The monoisotopic (exact) mass is 236 g/mol. The van der Waals surface area contributed by atoms with Gasteiger partial charge in [0.15, 0.2) is 0 Å². The molecule has 0 fully saturated rings. The predicted molar refractivity (Wildman–Crippen MR) is 67.7 cm³/mol. The number of nitrogens with one attached hydrogen (secondary N) is 2. The van der Waals surface area contributed by atoms with Crippen molar-refractivity contribution in [3.63, 3.8) is 0 Å². The van der Waals surface area contributed by atoms with Gasteiger partial charge in [-0.05, 0) is 38.5 Å². The largest absolute Gasteiger partial charge is 0.508 e. The Labute approximate surface area is 102 Å². The average Bonchev–Trinajstić information content (AvgIpc) is 2.25. The number of rotatable bonds is 4. The van der Waals surface area contributed by atoms with Crippen LogP contribution in [-0.4, -0.2) is 23.1 Å². The van der Waals surface area contributed by atoms with E-state index in [9.17, 15) is 4.79 Å². The van der Waals surface area contributed by atoms with E-state index in [2.05, 4.69) is 10.6 Å². The zero-order chi connectivity index (χ0) is 12.9. The Morgan fingerprint density at radius 2 is 1.82 bits per heavy atom. The molecule has 0 unspecified atom stereocenters. The fourth-order valence-corrected chi connectivity index (χ4v) is 1.22. The van der Waals surface area contributed by atoms with Crippen molar-refractivity contribution in [2.45, 2.75) is 32.9 Å². The first kappa shape index (κ1) is 13.5. The number of amides is 1. The van der Waals surface area contributed by atoms with Crippen LogP contribution in [0.1, 0.15) is 26.3 Å². The number of phenolic OH excluding ortho intramolecular Hbond substituents is 1. The summed E-state index contributed by atoms with van der Waals surface area (Å²) in [4.78, 5) is 11.5. The van der Waals surface area contributed by atoms with Crippen molar-refractivity contribution in [2.75, 3.05) is 6.54 Å². The maximum absolute atomic E-state index is 11.5. The minimum absolute atomic E-state index is 0.0343. The molecule has 0 aliphatic rings. The van der Waals surface area contributed by atoms with Gasteiger partial charge in [-0.25, -0.2) is 0 Å². The van der Waals surface area contributed by atoms with E-state index < -0.39 is 0 Å². The number of phenols is 1. The molecule has 0 aromatic heterocycles. The summed E-state index contributed by atoms with van der Waals surface area (Å²) in [6.45, 7) is 6.83. The summed E-state index contributed by atoms with van der Waals surface area (Å²) in [7, 11) is 0. The van der Waals surface area contributed by atoms with E-state index in [4.69, 9.17) is 5.11 Å². The first-order valence-electron chi connectivity index (χ1n) is 5.66. The van der Waals surface area contributed by atoms with Crippen molar-refractivity contribution in [1.29, 1.82) is 0 Å². The summed E-state index contributed by atoms with van der Waals surface area (Å²) in [5, 5.41) is 15.0. The van der Waals surface area contributed by atoms with E-state index in [1.54, 1.807) is 24.3 Å². The van der Waals surface area contributed by atoms with Gasteiger partial charge < -0.3 is 15.7 Å². The molecule has 3 N–H and O–H groups in total. The highest BCUT2D eigenvalue weighted by atomic mass is 16.3. The number of hydrogen-bond donors (Lipinski definition) is 3. The number of carbonyl (C=O) groups excluding carboxylic acids is 1. The summed E-state index contributed by atoms with van der Waals surface area (Å²) < 4.78 is 0. The van der Waals surface area contributed by atoms with Crippen LogP contribution in [0.2, 0.25) is 0 Å². The molecule has 94 valence electrons. The second kappa shape index (κ2) is 5.68. The van der Waals surface area contributed by atoms with Crippen LogP contribution in [0.5, 0.6) is 5.75 Å². The zero-order valence-corrected chi connectivity index (χ0v) is 10.6. The summed E-state index contributed by atoms with van der Waals surface area (Å²) in [5.74, 6) is 0.197. The SMILES string of the molecule is CC(C)(C)NCC(=O)NCc1ccc(O)cc1. The van der Waals surface area contributed by atoms with E-state index in [1.807, 2.05) is 20.8 Å². The average molecular weight is 236 g/mol. The van der Waals surface area contributed by atoms with Crippen LogP contribution < -0.4 is 10.6 Å². The van der Waals surface area contributed by atoms with Gasteiger partial charge in [-0.2, -0.15) is 0 Å². The van der Waals surface area contributed by atoms with Crippen molar-refractivity contribution in [2.24, 2.45) is 0 Å². The lowest BCUT2D eigenvalue weighted by atomic mass is 10.1. The maximum atomic E-state index is 11.5. The fraction of sp³-hybridized carbons (Fsp3) is 0.462. The molecule has 4 heteroatoms. The molecule has 1 rings (SSSR count). The number of hydrogen-bond acceptors (Lipinski definition) is 3. The normalized spacial score (nSPS) is 11.2. The lowest BCUT2D eigenvalue weighted by molar-refractivity contribution is -0.120. The standard InChI is InChI=1S/C13H20N2O2/c1-13(2,3)15-9-12(17)14-8-10-4-6-11(16)7-5-10/h4-7,15-16H,8-9H2,1-3H3,(H,14,17). The van der Waals surface area contributed by atoms with Gasteiger partial charge in [-0.1, -0.05) is 12.1 Å². The van der Waals surface area contributed by atoms with E-state index in [0.717, 1.165) is 5.56 Å². The highest BCUT2D eigenvalue weighted by Gasteiger charge is 2.10. The van der Waals surface area contributed by atoms with Gasteiger partial charge in [0.2, 0.25) is 5.91 Å². The maximum Gasteiger partial charge on any atom is 0.234 e. The predicted octanol–water partition coefficient (Wildman–Crippen LogP) is 1.40. The van der Waals surface area contributed by atoms with Gasteiger partial charge >= 0.3 is 0 Å². The number of aromatic hydroxyl groups is 1. The molecule has 0 radical (unpaired) electrons. The minimum Gasteiger partial charge on any atom is -0.508 e. The lowest BCUT2D eigenvalue weighted by Crippen LogP contribution is -2.43. The summed E-state index contributed by atoms with van der Waals surface area (Å²) in [6.07, 6.45) is 0. The fourth-order valence-electron chi connectivity index (χ4n) is 1.22. The van der Waals surface area contributed by atoms with E-state index in [0.29, 0.717) is 13.1 Å². The van der Waals surface area contributed by atoms with Gasteiger partial charge in [0.25, 0.3) is 0 Å². The van der Waals surface area contributed by atoms with Crippen LogP contribution in [0.25, 0.3) is 0 Å². The minimum atomic E-state index is -0.0596. The topological polar surface area (TPSA) is 61.4 Å². The van der Waals surface area contributed by atoms with Crippen molar-refractivity contribution in [3.8, 4) is 5.75 Å². The van der Waals surface area contributed by atoms with Crippen LogP contribution in [0.4, 0.5) is 0 Å². The van der Waals surface area contributed by atoms with E-state index in [1.165, 1.54) is 0 Å². The Hall–Kier alpha value is -1.55. The molecular weight excluding hydrogens is 216 g/mol. The van der Waals surface area contributed by atoms with E-state index in [-0.39, 0.29) is 17.2 Å². The molecule has 0 heterocycles. The van der Waals surface area contributed by atoms with Crippen molar-refractivity contribution < 1.29 is 9.90 Å². The molecule has 0 saturated heterocycles. The second-order valence-electron chi connectivity index (χ2n) is 5.05. The van der Waals surface area contributed by atoms with Gasteiger partial charge in [0.1, 0.15) is 5.75 Å². The smallest absolute Gasteiger partial charge is 0.234 e. The van der Waals surface area contributed by atoms with E-state index >= 15 is 0 Å². The molecule has 17 heavy (non-hydrogen) atoms. The Balaban J connectivity index is 2.31. The first-order valence-corrected chi connectivity index (χ1v) is 5.66. The molecule has 1 amide bonds. The quantitative estimate of drug-likeness (QED) is 0.740. The molecular formula is C13H20N2O2. The first-order chi connectivity index (χ1) is 7.87. The molecule has 4 nitrogen and oxygen atoms in total.